The molecule has 0 radical (unpaired) electrons. The fraction of sp³-hybridized carbons (Fsp3) is 0.933. The molecule has 0 spiro atoms. The van der Waals surface area contributed by atoms with E-state index in [1.165, 1.54) is 44.9 Å². The van der Waals surface area contributed by atoms with Crippen molar-refractivity contribution < 1.29 is 9.53 Å². The monoisotopic (exact) mass is 268 g/mol. The lowest BCUT2D eigenvalue weighted by molar-refractivity contribution is -0.121. The highest BCUT2D eigenvalue weighted by Gasteiger charge is 2.16. The predicted molar refractivity (Wildman–Crippen MR) is 76.1 cm³/mol. The smallest absolute Gasteiger partial charge is 0.234 e. The van der Waals surface area contributed by atoms with E-state index < -0.39 is 0 Å². The summed E-state index contributed by atoms with van der Waals surface area (Å²) in [7, 11) is 0. The lowest BCUT2D eigenvalue weighted by Gasteiger charge is -2.22. The Morgan fingerprint density at radius 3 is 2.42 bits per heavy atom. The molecule has 0 unspecified atom stereocenters. The van der Waals surface area contributed by atoms with Crippen molar-refractivity contribution in [3.63, 3.8) is 0 Å². The maximum atomic E-state index is 11.7. The zero-order chi connectivity index (χ0) is 13.3. The highest BCUT2D eigenvalue weighted by atomic mass is 16.5. The van der Waals surface area contributed by atoms with Gasteiger partial charge >= 0.3 is 0 Å². The summed E-state index contributed by atoms with van der Waals surface area (Å²) in [5, 5.41) is 6.27. The quantitative estimate of drug-likeness (QED) is 0.694. The molecule has 0 heterocycles. The Kier molecular flexibility index (Phi) is 6.65. The lowest BCUT2D eigenvalue weighted by Crippen LogP contribution is -2.41. The second-order valence-corrected chi connectivity index (χ2v) is 5.86. The van der Waals surface area contributed by atoms with Crippen molar-refractivity contribution in [3.8, 4) is 0 Å². The van der Waals surface area contributed by atoms with E-state index in [0.29, 0.717) is 18.7 Å². The van der Waals surface area contributed by atoms with Crippen LogP contribution in [0.25, 0.3) is 0 Å². The van der Waals surface area contributed by atoms with Crippen LogP contribution in [0.1, 0.15) is 57.8 Å². The summed E-state index contributed by atoms with van der Waals surface area (Å²) in [6.45, 7) is 1.92. The maximum absolute atomic E-state index is 11.7. The molecular weight excluding hydrogens is 240 g/mol. The molecule has 2 saturated carbocycles. The van der Waals surface area contributed by atoms with Gasteiger partial charge in [0.2, 0.25) is 5.91 Å². The molecule has 0 aromatic rings. The van der Waals surface area contributed by atoms with Crippen LogP contribution in [0.5, 0.6) is 0 Å². The van der Waals surface area contributed by atoms with E-state index in [2.05, 4.69) is 10.6 Å². The minimum Gasteiger partial charge on any atom is -0.377 e. The molecule has 0 bridgehead atoms. The largest absolute Gasteiger partial charge is 0.377 e. The number of rotatable bonds is 7. The van der Waals surface area contributed by atoms with E-state index in [9.17, 15) is 4.79 Å². The van der Waals surface area contributed by atoms with E-state index in [4.69, 9.17) is 4.74 Å². The Labute approximate surface area is 116 Å². The fourth-order valence-electron chi connectivity index (χ4n) is 3.08. The van der Waals surface area contributed by atoms with Crippen molar-refractivity contribution in [1.82, 2.24) is 10.6 Å². The van der Waals surface area contributed by atoms with E-state index in [1.807, 2.05) is 0 Å². The third-order valence-corrected chi connectivity index (χ3v) is 4.19. The van der Waals surface area contributed by atoms with Crippen LogP contribution in [0.4, 0.5) is 0 Å². The zero-order valence-electron chi connectivity index (χ0n) is 12.0. The molecule has 0 aliphatic heterocycles. The van der Waals surface area contributed by atoms with Crippen molar-refractivity contribution in [2.24, 2.45) is 0 Å². The van der Waals surface area contributed by atoms with Gasteiger partial charge in [-0.15, -0.1) is 0 Å². The van der Waals surface area contributed by atoms with Gasteiger partial charge in [0, 0.05) is 12.6 Å². The molecule has 2 aliphatic rings. The van der Waals surface area contributed by atoms with Crippen LogP contribution in [0, 0.1) is 0 Å². The van der Waals surface area contributed by atoms with Gasteiger partial charge in [-0.05, 0) is 25.7 Å². The van der Waals surface area contributed by atoms with Crippen LogP contribution >= 0.6 is 0 Å². The van der Waals surface area contributed by atoms with Gasteiger partial charge in [0.15, 0.2) is 0 Å². The van der Waals surface area contributed by atoms with E-state index in [1.54, 1.807) is 0 Å². The Morgan fingerprint density at radius 2 is 1.68 bits per heavy atom. The molecule has 0 saturated heterocycles. The van der Waals surface area contributed by atoms with Gasteiger partial charge in [-0.3, -0.25) is 4.79 Å². The third-order valence-electron chi connectivity index (χ3n) is 4.19. The Hall–Kier alpha value is -0.610. The van der Waals surface area contributed by atoms with E-state index >= 15 is 0 Å². The fourth-order valence-corrected chi connectivity index (χ4v) is 3.08. The molecule has 2 N–H and O–H groups in total. The first kappa shape index (κ1) is 14.8. The minimum atomic E-state index is 0.132. The molecule has 110 valence electrons. The maximum Gasteiger partial charge on any atom is 0.234 e. The zero-order valence-corrected chi connectivity index (χ0v) is 12.0. The molecule has 4 heteroatoms. The Morgan fingerprint density at radius 1 is 1.00 bits per heavy atom. The van der Waals surface area contributed by atoms with Gasteiger partial charge < -0.3 is 15.4 Å². The molecule has 0 atom stereocenters. The van der Waals surface area contributed by atoms with Gasteiger partial charge in [-0.1, -0.05) is 32.1 Å². The average molecular weight is 268 g/mol. The van der Waals surface area contributed by atoms with Gasteiger partial charge in [0.05, 0.1) is 19.3 Å². The molecule has 0 aromatic heterocycles. The van der Waals surface area contributed by atoms with Crippen LogP contribution in [0.15, 0.2) is 0 Å². The van der Waals surface area contributed by atoms with Crippen molar-refractivity contribution >= 4 is 5.91 Å². The summed E-state index contributed by atoms with van der Waals surface area (Å²) in [4.78, 5) is 11.7. The van der Waals surface area contributed by atoms with Crippen LogP contribution < -0.4 is 10.6 Å². The van der Waals surface area contributed by atoms with E-state index in [0.717, 1.165) is 26.0 Å². The lowest BCUT2D eigenvalue weighted by atomic mass is 9.95. The first-order valence-electron chi connectivity index (χ1n) is 7.96. The second-order valence-electron chi connectivity index (χ2n) is 5.86. The molecule has 0 aromatic carbocycles. The SMILES string of the molecule is O=C(CNCCOC1CCCC1)NC1CCCCC1. The van der Waals surface area contributed by atoms with Crippen molar-refractivity contribution in [2.75, 3.05) is 19.7 Å². The van der Waals surface area contributed by atoms with Gasteiger partial charge in [-0.25, -0.2) is 0 Å². The summed E-state index contributed by atoms with van der Waals surface area (Å²) < 4.78 is 5.74. The normalized spacial score (nSPS) is 21.7. The van der Waals surface area contributed by atoms with Crippen molar-refractivity contribution in [2.45, 2.75) is 69.9 Å². The van der Waals surface area contributed by atoms with Gasteiger partial charge in [0.25, 0.3) is 0 Å². The van der Waals surface area contributed by atoms with Crippen LogP contribution in [0.2, 0.25) is 0 Å². The summed E-state index contributed by atoms with van der Waals surface area (Å²) in [5.41, 5.74) is 0. The topological polar surface area (TPSA) is 50.4 Å². The molecule has 2 fully saturated rings. The molecule has 19 heavy (non-hydrogen) atoms. The molecule has 1 amide bonds. The number of nitrogens with one attached hydrogen (secondary N) is 2. The first-order chi connectivity index (χ1) is 9.34. The van der Waals surface area contributed by atoms with Crippen LogP contribution in [-0.2, 0) is 9.53 Å². The van der Waals surface area contributed by atoms with Crippen molar-refractivity contribution in [3.05, 3.63) is 0 Å². The number of hydrogen-bond donors (Lipinski definition) is 2. The first-order valence-corrected chi connectivity index (χ1v) is 7.96. The van der Waals surface area contributed by atoms with Crippen molar-refractivity contribution in [1.29, 1.82) is 0 Å². The standard InChI is InChI=1S/C15H28N2O2/c18-15(17-13-6-2-1-3-7-13)12-16-10-11-19-14-8-4-5-9-14/h13-14,16H,1-12H2,(H,17,18). The summed E-state index contributed by atoms with van der Waals surface area (Å²) in [5.74, 6) is 0.132. The molecule has 4 nitrogen and oxygen atoms in total. The highest BCUT2D eigenvalue weighted by molar-refractivity contribution is 5.78. The van der Waals surface area contributed by atoms with Crippen LogP contribution in [-0.4, -0.2) is 37.7 Å². The number of ether oxygens (including phenoxy) is 1. The third kappa shape index (κ3) is 5.91. The molecule has 2 aliphatic carbocycles. The van der Waals surface area contributed by atoms with Gasteiger partial charge in [0.1, 0.15) is 0 Å². The number of carbonyl (C=O) groups excluding carboxylic acids is 1. The highest BCUT2D eigenvalue weighted by Crippen LogP contribution is 2.20. The predicted octanol–water partition coefficient (Wildman–Crippen LogP) is 1.98. The molecular formula is C15H28N2O2. The number of hydrogen-bond acceptors (Lipinski definition) is 3. The molecule has 2 rings (SSSR count). The summed E-state index contributed by atoms with van der Waals surface area (Å²) in [6, 6.07) is 0.415. The van der Waals surface area contributed by atoms with E-state index in [-0.39, 0.29) is 5.91 Å². The van der Waals surface area contributed by atoms with Gasteiger partial charge in [-0.2, -0.15) is 0 Å². The summed E-state index contributed by atoms with van der Waals surface area (Å²) in [6.07, 6.45) is 11.6. The second kappa shape index (κ2) is 8.54. The van der Waals surface area contributed by atoms with Crippen LogP contribution in [0.3, 0.4) is 0 Å². The minimum absolute atomic E-state index is 0.132. The number of carbonyl (C=O) groups is 1. The number of amides is 1. The average Bonchev–Trinajstić information content (AvgIpc) is 2.92. The Bertz CT molecular complexity index is 259. The summed E-state index contributed by atoms with van der Waals surface area (Å²) >= 11 is 0. The Balaban J connectivity index is 1.44.